The quantitative estimate of drug-likeness (QED) is 0.626. The zero-order valence-corrected chi connectivity index (χ0v) is 6.90. The van der Waals surface area contributed by atoms with Crippen molar-refractivity contribution in [2.75, 3.05) is 12.0 Å². The molecule has 0 aromatic carbocycles. The summed E-state index contributed by atoms with van der Waals surface area (Å²) in [6, 6.07) is 1.99. The summed E-state index contributed by atoms with van der Waals surface area (Å²) in [7, 11) is 0. The van der Waals surface area contributed by atoms with Gasteiger partial charge in [-0.15, -0.1) is 11.8 Å². The van der Waals surface area contributed by atoms with E-state index >= 15 is 0 Å². The SMILES string of the molecule is CSc1cc(C)ncc1N. The molecule has 0 aliphatic heterocycles. The molecular formula is C7H10N2S. The van der Waals surface area contributed by atoms with E-state index < -0.39 is 0 Å². The highest BCUT2D eigenvalue weighted by Crippen LogP contribution is 2.21. The molecule has 2 nitrogen and oxygen atoms in total. The van der Waals surface area contributed by atoms with Gasteiger partial charge in [0.1, 0.15) is 0 Å². The molecule has 0 amide bonds. The summed E-state index contributed by atoms with van der Waals surface area (Å²) < 4.78 is 0. The van der Waals surface area contributed by atoms with Gasteiger partial charge in [0, 0.05) is 10.6 Å². The molecule has 0 unspecified atom stereocenters. The van der Waals surface area contributed by atoms with E-state index in [-0.39, 0.29) is 0 Å². The van der Waals surface area contributed by atoms with Crippen molar-refractivity contribution >= 4 is 17.4 Å². The van der Waals surface area contributed by atoms with Crippen LogP contribution in [0.15, 0.2) is 17.2 Å². The van der Waals surface area contributed by atoms with Crippen LogP contribution >= 0.6 is 11.8 Å². The minimum Gasteiger partial charge on any atom is -0.397 e. The van der Waals surface area contributed by atoms with Crippen LogP contribution in [-0.4, -0.2) is 11.2 Å². The lowest BCUT2D eigenvalue weighted by Gasteiger charge is -2.00. The average Bonchev–Trinajstić information content (AvgIpc) is 1.94. The lowest BCUT2D eigenvalue weighted by Crippen LogP contribution is -1.90. The molecule has 10 heavy (non-hydrogen) atoms. The van der Waals surface area contributed by atoms with E-state index in [1.54, 1.807) is 18.0 Å². The fourth-order valence-electron chi connectivity index (χ4n) is 0.722. The number of hydrogen-bond donors (Lipinski definition) is 1. The van der Waals surface area contributed by atoms with Gasteiger partial charge in [0.25, 0.3) is 0 Å². The second-order valence-corrected chi connectivity index (χ2v) is 2.92. The first-order valence-electron chi connectivity index (χ1n) is 3.00. The summed E-state index contributed by atoms with van der Waals surface area (Å²) in [6.07, 6.45) is 3.70. The third kappa shape index (κ3) is 1.42. The number of pyridine rings is 1. The number of nitrogens with zero attached hydrogens (tertiary/aromatic N) is 1. The van der Waals surface area contributed by atoms with Gasteiger partial charge in [-0.05, 0) is 19.2 Å². The van der Waals surface area contributed by atoms with Crippen molar-refractivity contribution in [2.24, 2.45) is 0 Å². The Kier molecular flexibility index (Phi) is 2.17. The summed E-state index contributed by atoms with van der Waals surface area (Å²) in [5.41, 5.74) is 7.39. The van der Waals surface area contributed by atoms with Crippen molar-refractivity contribution in [1.82, 2.24) is 4.98 Å². The highest BCUT2D eigenvalue weighted by atomic mass is 32.2. The Balaban J connectivity index is 3.09. The molecule has 0 saturated heterocycles. The molecule has 1 aromatic rings. The lowest BCUT2D eigenvalue weighted by molar-refractivity contribution is 1.16. The molecule has 0 aliphatic rings. The van der Waals surface area contributed by atoms with E-state index in [2.05, 4.69) is 4.98 Å². The summed E-state index contributed by atoms with van der Waals surface area (Å²) in [4.78, 5) is 5.15. The molecule has 0 spiro atoms. The van der Waals surface area contributed by atoms with Crippen LogP contribution in [0, 0.1) is 6.92 Å². The Hall–Kier alpha value is -0.700. The Bertz CT molecular complexity index is 235. The second-order valence-electron chi connectivity index (χ2n) is 2.07. The number of nitrogen functional groups attached to an aromatic ring is 1. The fourth-order valence-corrected chi connectivity index (χ4v) is 1.30. The van der Waals surface area contributed by atoms with Crippen molar-refractivity contribution in [3.05, 3.63) is 18.0 Å². The third-order valence-electron chi connectivity index (χ3n) is 1.25. The van der Waals surface area contributed by atoms with E-state index in [0.29, 0.717) is 0 Å². The van der Waals surface area contributed by atoms with Gasteiger partial charge in [-0.25, -0.2) is 0 Å². The number of nitrogens with two attached hydrogens (primary N) is 1. The monoisotopic (exact) mass is 154 g/mol. The molecule has 0 bridgehead atoms. The lowest BCUT2D eigenvalue weighted by atomic mass is 10.3. The van der Waals surface area contributed by atoms with E-state index in [1.807, 2.05) is 19.2 Å². The van der Waals surface area contributed by atoms with E-state index in [9.17, 15) is 0 Å². The molecule has 0 radical (unpaired) electrons. The maximum Gasteiger partial charge on any atom is 0.0638 e. The van der Waals surface area contributed by atoms with Gasteiger partial charge >= 0.3 is 0 Å². The van der Waals surface area contributed by atoms with Crippen molar-refractivity contribution in [3.8, 4) is 0 Å². The van der Waals surface area contributed by atoms with Gasteiger partial charge in [0.05, 0.1) is 11.9 Å². The summed E-state index contributed by atoms with van der Waals surface area (Å²) in [5.74, 6) is 0. The van der Waals surface area contributed by atoms with Crippen molar-refractivity contribution in [2.45, 2.75) is 11.8 Å². The molecule has 2 N–H and O–H groups in total. The van der Waals surface area contributed by atoms with Crippen LogP contribution in [-0.2, 0) is 0 Å². The van der Waals surface area contributed by atoms with Crippen molar-refractivity contribution in [3.63, 3.8) is 0 Å². The second kappa shape index (κ2) is 2.92. The van der Waals surface area contributed by atoms with Gasteiger partial charge in [-0.1, -0.05) is 0 Å². The first-order chi connectivity index (χ1) is 4.74. The Morgan fingerprint density at radius 1 is 1.60 bits per heavy atom. The molecule has 0 fully saturated rings. The minimum atomic E-state index is 0.762. The number of anilines is 1. The highest BCUT2D eigenvalue weighted by Gasteiger charge is 1.96. The van der Waals surface area contributed by atoms with Gasteiger partial charge < -0.3 is 5.73 Å². The van der Waals surface area contributed by atoms with Gasteiger partial charge in [-0.2, -0.15) is 0 Å². The number of thioether (sulfide) groups is 1. The van der Waals surface area contributed by atoms with E-state index in [1.165, 1.54) is 0 Å². The fraction of sp³-hybridized carbons (Fsp3) is 0.286. The summed E-state index contributed by atoms with van der Waals surface area (Å²) in [5, 5.41) is 0. The Morgan fingerprint density at radius 2 is 2.30 bits per heavy atom. The normalized spacial score (nSPS) is 9.80. The zero-order chi connectivity index (χ0) is 7.56. The number of aromatic nitrogens is 1. The van der Waals surface area contributed by atoms with Crippen LogP contribution in [0.3, 0.4) is 0 Å². The molecule has 3 heteroatoms. The third-order valence-corrected chi connectivity index (χ3v) is 2.05. The number of aryl methyl sites for hydroxylation is 1. The highest BCUT2D eigenvalue weighted by molar-refractivity contribution is 7.98. The first kappa shape index (κ1) is 7.41. The molecule has 54 valence electrons. The van der Waals surface area contributed by atoms with Gasteiger partial charge in [0.2, 0.25) is 0 Å². The van der Waals surface area contributed by atoms with E-state index in [0.717, 1.165) is 16.3 Å². The smallest absolute Gasteiger partial charge is 0.0638 e. The van der Waals surface area contributed by atoms with Gasteiger partial charge in [0.15, 0.2) is 0 Å². The maximum absolute atomic E-state index is 5.62. The predicted molar refractivity (Wildman–Crippen MR) is 45.2 cm³/mol. The molecule has 1 heterocycles. The van der Waals surface area contributed by atoms with Crippen LogP contribution in [0.1, 0.15) is 5.69 Å². The average molecular weight is 154 g/mol. The van der Waals surface area contributed by atoms with Crippen molar-refractivity contribution in [1.29, 1.82) is 0 Å². The van der Waals surface area contributed by atoms with Crippen LogP contribution in [0.25, 0.3) is 0 Å². The molecule has 1 rings (SSSR count). The first-order valence-corrected chi connectivity index (χ1v) is 4.22. The predicted octanol–water partition coefficient (Wildman–Crippen LogP) is 1.69. The molecule has 0 atom stereocenters. The number of rotatable bonds is 1. The van der Waals surface area contributed by atoms with Crippen LogP contribution in [0.4, 0.5) is 5.69 Å². The van der Waals surface area contributed by atoms with Gasteiger partial charge in [-0.3, -0.25) is 4.98 Å². The summed E-state index contributed by atoms with van der Waals surface area (Å²) in [6.45, 7) is 1.96. The maximum atomic E-state index is 5.62. The van der Waals surface area contributed by atoms with Crippen LogP contribution in [0.5, 0.6) is 0 Å². The topological polar surface area (TPSA) is 38.9 Å². The van der Waals surface area contributed by atoms with Crippen LogP contribution in [0.2, 0.25) is 0 Å². The standard InChI is InChI=1S/C7H10N2S/c1-5-3-7(10-2)6(8)4-9-5/h3-4H,8H2,1-2H3. The van der Waals surface area contributed by atoms with Crippen LogP contribution < -0.4 is 5.73 Å². The zero-order valence-electron chi connectivity index (χ0n) is 6.09. The van der Waals surface area contributed by atoms with Crippen molar-refractivity contribution < 1.29 is 0 Å². The number of hydrogen-bond acceptors (Lipinski definition) is 3. The van der Waals surface area contributed by atoms with E-state index in [4.69, 9.17) is 5.73 Å². The molecule has 0 saturated carbocycles. The minimum absolute atomic E-state index is 0.762. The largest absolute Gasteiger partial charge is 0.397 e. The summed E-state index contributed by atoms with van der Waals surface area (Å²) >= 11 is 1.64. The molecule has 0 aliphatic carbocycles. The Morgan fingerprint density at radius 3 is 2.80 bits per heavy atom. The molecule has 1 aromatic heterocycles. The molecular weight excluding hydrogens is 144 g/mol. The Labute approximate surface area is 64.8 Å².